The molecule has 0 radical (unpaired) electrons. The summed E-state index contributed by atoms with van der Waals surface area (Å²) in [5.41, 5.74) is 6.48. The van der Waals surface area contributed by atoms with E-state index in [0.29, 0.717) is 12.3 Å². The predicted octanol–water partition coefficient (Wildman–Crippen LogP) is -1.04. The summed E-state index contributed by atoms with van der Waals surface area (Å²) in [5, 5.41) is 37.0. The summed E-state index contributed by atoms with van der Waals surface area (Å²) >= 11 is 0. The van der Waals surface area contributed by atoms with Crippen LogP contribution in [0, 0.1) is 0 Å². The van der Waals surface area contributed by atoms with E-state index >= 15 is 0 Å². The second-order valence-electron chi connectivity index (χ2n) is 4.68. The molecule has 3 atom stereocenters. The Bertz CT molecular complexity index is 395. The van der Waals surface area contributed by atoms with Gasteiger partial charge >= 0.3 is 0 Å². The molecule has 0 spiro atoms. The molecule has 7 nitrogen and oxygen atoms in total. The molecule has 3 unspecified atom stereocenters. The number of hydrogen-bond acceptors (Lipinski definition) is 7. The van der Waals surface area contributed by atoms with Crippen molar-refractivity contribution < 1.29 is 29.9 Å². The number of aliphatic hydroxyl groups is 4. The Morgan fingerprint density at radius 3 is 2.19 bits per heavy atom. The van der Waals surface area contributed by atoms with Gasteiger partial charge < -0.3 is 35.6 Å². The van der Waals surface area contributed by atoms with E-state index in [9.17, 15) is 15.3 Å². The Labute approximate surface area is 123 Å². The Balaban J connectivity index is 2.69. The van der Waals surface area contributed by atoms with E-state index in [2.05, 4.69) is 0 Å². The Hall–Kier alpha value is -1.22. The van der Waals surface area contributed by atoms with Crippen molar-refractivity contribution in [1.29, 1.82) is 0 Å². The third-order valence-electron chi connectivity index (χ3n) is 2.88. The van der Waals surface area contributed by atoms with Gasteiger partial charge in [-0.1, -0.05) is 12.1 Å². The van der Waals surface area contributed by atoms with Gasteiger partial charge in [0.25, 0.3) is 6.29 Å². The molecule has 6 N–H and O–H groups in total. The number of benzene rings is 1. The highest BCUT2D eigenvalue weighted by molar-refractivity contribution is 5.27. The van der Waals surface area contributed by atoms with Gasteiger partial charge in [-0.15, -0.1) is 0 Å². The van der Waals surface area contributed by atoms with E-state index in [1.54, 1.807) is 24.3 Å². The lowest BCUT2D eigenvalue weighted by molar-refractivity contribution is -0.250. The average molecular weight is 301 g/mol. The summed E-state index contributed by atoms with van der Waals surface area (Å²) in [6.07, 6.45) is -4.56. The summed E-state index contributed by atoms with van der Waals surface area (Å²) in [5.74, 6) is 0.371. The lowest BCUT2D eigenvalue weighted by Gasteiger charge is -2.27. The molecule has 0 saturated carbocycles. The summed E-state index contributed by atoms with van der Waals surface area (Å²) in [6.45, 7) is 1.48. The first-order chi connectivity index (χ1) is 9.97. The SMILES string of the molecule is CC(O)C(CO)OC(Oc1ccc(CCN)cc1)C(O)O. The number of hydrogen-bond donors (Lipinski definition) is 5. The first kappa shape index (κ1) is 17.8. The minimum Gasteiger partial charge on any atom is -0.459 e. The maximum atomic E-state index is 9.39. The van der Waals surface area contributed by atoms with Gasteiger partial charge in [-0.25, -0.2) is 0 Å². The van der Waals surface area contributed by atoms with Crippen molar-refractivity contribution in [2.45, 2.75) is 38.1 Å². The molecule has 0 fully saturated rings. The molecular weight excluding hydrogens is 278 g/mol. The van der Waals surface area contributed by atoms with Gasteiger partial charge in [0.05, 0.1) is 12.7 Å². The Kier molecular flexibility index (Phi) is 7.58. The highest BCUT2D eigenvalue weighted by atomic mass is 16.7. The third kappa shape index (κ3) is 5.96. The fourth-order valence-electron chi connectivity index (χ4n) is 1.68. The van der Waals surface area contributed by atoms with Crippen LogP contribution in [0.5, 0.6) is 5.75 Å². The molecule has 0 aliphatic heterocycles. The van der Waals surface area contributed by atoms with Gasteiger partial charge in [-0.2, -0.15) is 0 Å². The molecule has 1 rings (SSSR count). The topological polar surface area (TPSA) is 125 Å². The molecule has 7 heteroatoms. The van der Waals surface area contributed by atoms with Gasteiger partial charge in [0.15, 0.2) is 0 Å². The Morgan fingerprint density at radius 1 is 1.14 bits per heavy atom. The standard InChI is InChI=1S/C14H23NO6/c1-9(17)12(8-16)21-14(13(18)19)20-11-4-2-10(3-5-11)6-7-15/h2-5,9,12-14,16-19H,6-8,15H2,1H3. The monoisotopic (exact) mass is 301 g/mol. The molecule has 21 heavy (non-hydrogen) atoms. The fraction of sp³-hybridized carbons (Fsp3) is 0.571. The van der Waals surface area contributed by atoms with Gasteiger partial charge in [-0.3, -0.25) is 0 Å². The molecule has 0 aliphatic rings. The minimum atomic E-state index is -1.92. The highest BCUT2D eigenvalue weighted by Gasteiger charge is 2.26. The molecule has 0 aliphatic carbocycles. The zero-order valence-electron chi connectivity index (χ0n) is 11.9. The summed E-state index contributed by atoms with van der Waals surface area (Å²) in [4.78, 5) is 0. The van der Waals surface area contributed by atoms with E-state index in [4.69, 9.17) is 20.3 Å². The molecule has 0 saturated heterocycles. The maximum Gasteiger partial charge on any atom is 0.251 e. The smallest absolute Gasteiger partial charge is 0.251 e. The van der Waals surface area contributed by atoms with E-state index in [1.807, 2.05) is 0 Å². The van der Waals surface area contributed by atoms with Crippen LogP contribution in [0.25, 0.3) is 0 Å². The summed E-state index contributed by atoms with van der Waals surface area (Å²) in [6, 6.07) is 6.92. The third-order valence-corrected chi connectivity index (χ3v) is 2.88. The first-order valence-corrected chi connectivity index (χ1v) is 6.74. The van der Waals surface area contributed by atoms with E-state index < -0.39 is 31.4 Å². The lowest BCUT2D eigenvalue weighted by atomic mass is 10.1. The molecular formula is C14H23NO6. The van der Waals surface area contributed by atoms with Crippen LogP contribution in [-0.4, -0.2) is 58.4 Å². The zero-order valence-corrected chi connectivity index (χ0v) is 11.9. The van der Waals surface area contributed by atoms with Crippen molar-refractivity contribution in [2.75, 3.05) is 13.2 Å². The van der Waals surface area contributed by atoms with E-state index in [1.165, 1.54) is 6.92 Å². The number of nitrogens with two attached hydrogens (primary N) is 1. The summed E-state index contributed by atoms with van der Waals surface area (Å²) < 4.78 is 10.5. The molecule has 120 valence electrons. The molecule has 0 heterocycles. The van der Waals surface area contributed by atoms with Crippen molar-refractivity contribution >= 4 is 0 Å². The van der Waals surface area contributed by atoms with Crippen molar-refractivity contribution in [3.05, 3.63) is 29.8 Å². The molecule has 1 aromatic carbocycles. The second kappa shape index (κ2) is 8.93. The molecule has 0 amide bonds. The van der Waals surface area contributed by atoms with Crippen molar-refractivity contribution in [3.63, 3.8) is 0 Å². The number of ether oxygens (including phenoxy) is 2. The van der Waals surface area contributed by atoms with Crippen molar-refractivity contribution in [1.82, 2.24) is 0 Å². The van der Waals surface area contributed by atoms with Crippen molar-refractivity contribution in [2.24, 2.45) is 5.73 Å². The van der Waals surface area contributed by atoms with Crippen LogP contribution in [-0.2, 0) is 11.2 Å². The van der Waals surface area contributed by atoms with Crippen LogP contribution >= 0.6 is 0 Å². The maximum absolute atomic E-state index is 9.39. The van der Waals surface area contributed by atoms with Crippen LogP contribution < -0.4 is 10.5 Å². The van der Waals surface area contributed by atoms with Crippen LogP contribution in [0.3, 0.4) is 0 Å². The number of aliphatic hydroxyl groups excluding tert-OH is 3. The number of rotatable bonds is 9. The summed E-state index contributed by atoms with van der Waals surface area (Å²) in [7, 11) is 0. The Morgan fingerprint density at radius 2 is 1.76 bits per heavy atom. The van der Waals surface area contributed by atoms with E-state index in [0.717, 1.165) is 12.0 Å². The second-order valence-corrected chi connectivity index (χ2v) is 4.68. The quantitative estimate of drug-likeness (QED) is 0.369. The van der Waals surface area contributed by atoms with Crippen LogP contribution in [0.4, 0.5) is 0 Å². The normalized spacial score (nSPS) is 15.8. The van der Waals surface area contributed by atoms with Crippen molar-refractivity contribution in [3.8, 4) is 5.75 Å². The average Bonchev–Trinajstić information content (AvgIpc) is 2.44. The van der Waals surface area contributed by atoms with Crippen LogP contribution in [0.1, 0.15) is 12.5 Å². The fourth-order valence-corrected chi connectivity index (χ4v) is 1.68. The van der Waals surface area contributed by atoms with Gasteiger partial charge in [0.2, 0.25) is 6.29 Å². The van der Waals surface area contributed by atoms with Gasteiger partial charge in [0, 0.05) is 0 Å². The minimum absolute atomic E-state index is 0.371. The lowest BCUT2D eigenvalue weighted by Crippen LogP contribution is -2.42. The van der Waals surface area contributed by atoms with E-state index in [-0.39, 0.29) is 0 Å². The molecule has 0 aromatic heterocycles. The predicted molar refractivity (Wildman–Crippen MR) is 75.5 cm³/mol. The largest absolute Gasteiger partial charge is 0.459 e. The first-order valence-electron chi connectivity index (χ1n) is 6.74. The van der Waals surface area contributed by atoms with Crippen LogP contribution in [0.15, 0.2) is 24.3 Å². The molecule has 1 aromatic rings. The molecule has 0 bridgehead atoms. The van der Waals surface area contributed by atoms with Gasteiger partial charge in [-0.05, 0) is 37.6 Å². The van der Waals surface area contributed by atoms with Gasteiger partial charge in [0.1, 0.15) is 11.9 Å². The highest BCUT2D eigenvalue weighted by Crippen LogP contribution is 2.17. The zero-order chi connectivity index (χ0) is 15.8. The van der Waals surface area contributed by atoms with Crippen LogP contribution in [0.2, 0.25) is 0 Å².